The van der Waals surface area contributed by atoms with Crippen LogP contribution < -0.4 is 9.47 Å². The number of carbonyl (C=O) groups excluding carboxylic acids is 2. The van der Waals surface area contributed by atoms with Crippen LogP contribution in [-0.4, -0.2) is 74.7 Å². The Balaban J connectivity index is 1.41. The second-order valence-electron chi connectivity index (χ2n) is 7.14. The summed E-state index contributed by atoms with van der Waals surface area (Å²) in [5.74, 6) is 0.898. The van der Waals surface area contributed by atoms with Gasteiger partial charge in [0.1, 0.15) is 18.1 Å². The number of piperazine rings is 1. The van der Waals surface area contributed by atoms with Gasteiger partial charge in [0.2, 0.25) is 0 Å². The largest absolute Gasteiger partial charge is 0.492 e. The minimum Gasteiger partial charge on any atom is -0.492 e. The molecule has 0 unspecified atom stereocenters. The molecule has 2 aromatic carbocycles. The van der Waals surface area contributed by atoms with Crippen molar-refractivity contribution in [3.05, 3.63) is 59.7 Å². The van der Waals surface area contributed by atoms with E-state index in [0.29, 0.717) is 31.0 Å². The van der Waals surface area contributed by atoms with Crippen molar-refractivity contribution in [3.63, 3.8) is 0 Å². The van der Waals surface area contributed by atoms with Gasteiger partial charge in [0.25, 0.3) is 5.91 Å². The number of aryl methyl sites for hydroxylation is 1. The zero-order valence-electron chi connectivity index (χ0n) is 17.5. The fourth-order valence-electron chi connectivity index (χ4n) is 3.26. The van der Waals surface area contributed by atoms with Crippen molar-refractivity contribution in [3.8, 4) is 11.5 Å². The molecule has 1 heterocycles. The zero-order valence-corrected chi connectivity index (χ0v) is 17.5. The van der Waals surface area contributed by atoms with Gasteiger partial charge < -0.3 is 19.1 Å². The molecule has 1 aliphatic rings. The van der Waals surface area contributed by atoms with Crippen molar-refractivity contribution in [2.45, 2.75) is 6.92 Å². The van der Waals surface area contributed by atoms with Crippen LogP contribution in [-0.2, 0) is 9.53 Å². The lowest BCUT2D eigenvalue weighted by Gasteiger charge is -2.34. The molecule has 160 valence electrons. The van der Waals surface area contributed by atoms with Crippen molar-refractivity contribution in [2.24, 2.45) is 0 Å². The third-order valence-corrected chi connectivity index (χ3v) is 5.10. The van der Waals surface area contributed by atoms with Crippen LogP contribution in [0.25, 0.3) is 0 Å². The van der Waals surface area contributed by atoms with E-state index in [1.807, 2.05) is 42.2 Å². The van der Waals surface area contributed by atoms with Crippen LogP contribution in [0.4, 0.5) is 0 Å². The minimum absolute atomic E-state index is 0.0530. The van der Waals surface area contributed by atoms with E-state index in [-0.39, 0.29) is 12.5 Å². The lowest BCUT2D eigenvalue weighted by molar-refractivity contribution is -0.135. The molecule has 0 aliphatic carbocycles. The Morgan fingerprint density at radius 3 is 2.40 bits per heavy atom. The van der Waals surface area contributed by atoms with E-state index in [1.165, 1.54) is 7.11 Å². The summed E-state index contributed by atoms with van der Waals surface area (Å²) in [6.45, 7) is 6.20. The third kappa shape index (κ3) is 5.97. The number of ether oxygens (including phenoxy) is 3. The lowest BCUT2D eigenvalue weighted by atomic mass is 10.1. The molecule has 1 fully saturated rings. The second-order valence-corrected chi connectivity index (χ2v) is 7.14. The van der Waals surface area contributed by atoms with Gasteiger partial charge in [-0.1, -0.05) is 24.3 Å². The van der Waals surface area contributed by atoms with E-state index < -0.39 is 5.97 Å². The maximum atomic E-state index is 12.5. The highest BCUT2D eigenvalue weighted by molar-refractivity contribution is 5.90. The molecule has 7 heteroatoms. The molecular weight excluding hydrogens is 384 g/mol. The Kier molecular flexibility index (Phi) is 7.68. The first kappa shape index (κ1) is 21.6. The lowest BCUT2D eigenvalue weighted by Crippen LogP contribution is -2.50. The van der Waals surface area contributed by atoms with E-state index >= 15 is 0 Å². The fourth-order valence-corrected chi connectivity index (χ4v) is 3.26. The number of carbonyl (C=O) groups is 2. The van der Waals surface area contributed by atoms with E-state index in [2.05, 4.69) is 4.90 Å². The molecule has 7 nitrogen and oxygen atoms in total. The van der Waals surface area contributed by atoms with E-state index in [0.717, 1.165) is 30.9 Å². The first-order valence-corrected chi connectivity index (χ1v) is 10.1. The van der Waals surface area contributed by atoms with Crippen LogP contribution in [0, 0.1) is 6.92 Å². The zero-order chi connectivity index (χ0) is 21.3. The Bertz CT molecular complexity index is 848. The summed E-state index contributed by atoms with van der Waals surface area (Å²) in [6, 6.07) is 14.8. The summed E-state index contributed by atoms with van der Waals surface area (Å²) in [6.07, 6.45) is 0. The molecule has 2 aromatic rings. The molecule has 1 amide bonds. The number of esters is 1. The number of benzene rings is 2. The van der Waals surface area contributed by atoms with Crippen LogP contribution in [0.15, 0.2) is 48.5 Å². The standard InChI is InChI=1S/C23H28N2O5/c1-18-8-9-19(23(27)28-2)16-21(18)30-17-22(26)25-12-10-24(11-13-25)14-15-29-20-6-4-3-5-7-20/h3-9,16H,10-15,17H2,1-2H3. The summed E-state index contributed by atoms with van der Waals surface area (Å²) in [5.41, 5.74) is 1.26. The molecule has 1 saturated heterocycles. The molecule has 0 atom stereocenters. The van der Waals surface area contributed by atoms with Crippen molar-refractivity contribution >= 4 is 11.9 Å². The van der Waals surface area contributed by atoms with Crippen molar-refractivity contribution in [1.29, 1.82) is 0 Å². The predicted molar refractivity (Wildman–Crippen MR) is 113 cm³/mol. The minimum atomic E-state index is -0.432. The number of nitrogens with zero attached hydrogens (tertiary/aromatic N) is 2. The normalized spacial score (nSPS) is 14.3. The summed E-state index contributed by atoms with van der Waals surface area (Å²) >= 11 is 0. The molecule has 3 rings (SSSR count). The number of rotatable bonds is 8. The smallest absolute Gasteiger partial charge is 0.337 e. The molecule has 0 spiro atoms. The van der Waals surface area contributed by atoms with Crippen LogP contribution >= 0.6 is 0 Å². The van der Waals surface area contributed by atoms with E-state index in [9.17, 15) is 9.59 Å². The average Bonchev–Trinajstić information content (AvgIpc) is 2.79. The van der Waals surface area contributed by atoms with Gasteiger partial charge in [-0.25, -0.2) is 4.79 Å². The Labute approximate surface area is 177 Å². The summed E-state index contributed by atoms with van der Waals surface area (Å²) in [5, 5.41) is 0. The Morgan fingerprint density at radius 2 is 1.70 bits per heavy atom. The van der Waals surface area contributed by atoms with Crippen LogP contribution in [0.3, 0.4) is 0 Å². The number of amides is 1. The summed E-state index contributed by atoms with van der Waals surface area (Å²) in [4.78, 5) is 28.3. The van der Waals surface area contributed by atoms with Crippen molar-refractivity contribution < 1.29 is 23.8 Å². The Hall–Kier alpha value is -3.06. The van der Waals surface area contributed by atoms with Gasteiger partial charge in [-0.15, -0.1) is 0 Å². The van der Waals surface area contributed by atoms with Gasteiger partial charge >= 0.3 is 5.97 Å². The first-order valence-electron chi connectivity index (χ1n) is 10.1. The predicted octanol–water partition coefficient (Wildman–Crippen LogP) is 2.38. The third-order valence-electron chi connectivity index (χ3n) is 5.10. The highest BCUT2D eigenvalue weighted by Gasteiger charge is 2.21. The highest BCUT2D eigenvalue weighted by Crippen LogP contribution is 2.20. The van der Waals surface area contributed by atoms with Gasteiger partial charge in [0, 0.05) is 32.7 Å². The second kappa shape index (κ2) is 10.6. The van der Waals surface area contributed by atoms with E-state index in [1.54, 1.807) is 18.2 Å². The number of para-hydroxylation sites is 1. The maximum absolute atomic E-state index is 12.5. The number of hydrogen-bond acceptors (Lipinski definition) is 6. The van der Waals surface area contributed by atoms with Crippen LogP contribution in [0.5, 0.6) is 11.5 Å². The van der Waals surface area contributed by atoms with Crippen LogP contribution in [0.1, 0.15) is 15.9 Å². The molecule has 1 aliphatic heterocycles. The molecule has 0 radical (unpaired) electrons. The SMILES string of the molecule is COC(=O)c1ccc(C)c(OCC(=O)N2CCN(CCOc3ccccc3)CC2)c1. The topological polar surface area (TPSA) is 68.3 Å². The molecule has 0 aromatic heterocycles. The van der Waals surface area contributed by atoms with Gasteiger partial charge in [0.05, 0.1) is 12.7 Å². The van der Waals surface area contributed by atoms with Crippen LogP contribution in [0.2, 0.25) is 0 Å². The fraction of sp³-hybridized carbons (Fsp3) is 0.391. The molecule has 0 saturated carbocycles. The summed E-state index contributed by atoms with van der Waals surface area (Å²) < 4.78 is 16.2. The van der Waals surface area contributed by atoms with Crippen molar-refractivity contribution in [1.82, 2.24) is 9.80 Å². The number of methoxy groups -OCH3 is 1. The molecule has 30 heavy (non-hydrogen) atoms. The maximum Gasteiger partial charge on any atom is 0.337 e. The average molecular weight is 412 g/mol. The van der Waals surface area contributed by atoms with Gasteiger partial charge in [-0.05, 0) is 36.8 Å². The van der Waals surface area contributed by atoms with Gasteiger partial charge in [0.15, 0.2) is 6.61 Å². The Morgan fingerprint density at radius 1 is 0.967 bits per heavy atom. The monoisotopic (exact) mass is 412 g/mol. The molecule has 0 bridgehead atoms. The highest BCUT2D eigenvalue weighted by atomic mass is 16.5. The van der Waals surface area contributed by atoms with Crippen molar-refractivity contribution in [2.75, 3.05) is 53.0 Å². The van der Waals surface area contributed by atoms with Gasteiger partial charge in [-0.2, -0.15) is 0 Å². The summed E-state index contributed by atoms with van der Waals surface area (Å²) in [7, 11) is 1.33. The quantitative estimate of drug-likeness (QED) is 0.620. The van der Waals surface area contributed by atoms with E-state index in [4.69, 9.17) is 14.2 Å². The first-order chi connectivity index (χ1) is 14.6. The van der Waals surface area contributed by atoms with Gasteiger partial charge in [-0.3, -0.25) is 9.69 Å². The molecule has 0 N–H and O–H groups in total. The number of hydrogen-bond donors (Lipinski definition) is 0. The molecular formula is C23H28N2O5.